The Morgan fingerprint density at radius 3 is 2.12 bits per heavy atom. The average Bonchev–Trinajstić information content (AvgIpc) is 2.83. The van der Waals surface area contributed by atoms with Crippen molar-refractivity contribution in [3.05, 3.63) is 71.8 Å². The van der Waals surface area contributed by atoms with E-state index in [0.717, 1.165) is 24.7 Å². The van der Waals surface area contributed by atoms with Crippen molar-refractivity contribution in [2.75, 3.05) is 6.54 Å². The summed E-state index contributed by atoms with van der Waals surface area (Å²) >= 11 is 0. The molecule has 1 fully saturated rings. The molecule has 2 heteroatoms. The number of rotatable bonds is 11. The normalized spacial score (nSPS) is 18.3. The molecule has 2 aromatic carbocycles. The quantitative estimate of drug-likeness (QED) is 0.285. The van der Waals surface area contributed by atoms with Crippen molar-refractivity contribution in [1.82, 2.24) is 5.32 Å². The van der Waals surface area contributed by atoms with Crippen LogP contribution in [0.1, 0.15) is 88.7 Å². The van der Waals surface area contributed by atoms with Crippen molar-refractivity contribution in [3.63, 3.8) is 0 Å². The largest absolute Gasteiger partial charge is 0.352 e. The summed E-state index contributed by atoms with van der Waals surface area (Å²) in [7, 11) is 0. The van der Waals surface area contributed by atoms with Crippen LogP contribution in [0, 0.1) is 5.92 Å². The van der Waals surface area contributed by atoms with Crippen LogP contribution in [0.15, 0.2) is 60.7 Å². The van der Waals surface area contributed by atoms with E-state index < -0.39 is 0 Å². The molecular weight excluding hydrogens is 390 g/mol. The van der Waals surface area contributed by atoms with Gasteiger partial charge in [0.05, 0.1) is 0 Å². The van der Waals surface area contributed by atoms with Gasteiger partial charge in [0.15, 0.2) is 0 Å². The molecule has 32 heavy (non-hydrogen) atoms. The predicted molar refractivity (Wildman–Crippen MR) is 137 cm³/mol. The fourth-order valence-electron chi connectivity index (χ4n) is 4.92. The van der Waals surface area contributed by atoms with Gasteiger partial charge in [-0.1, -0.05) is 87.7 Å². The van der Waals surface area contributed by atoms with E-state index >= 15 is 0 Å². The van der Waals surface area contributed by atoms with E-state index in [-0.39, 0.29) is 5.91 Å². The number of carbonyl (C=O) groups is 1. The maximum absolute atomic E-state index is 11.5. The summed E-state index contributed by atoms with van der Waals surface area (Å²) in [5.41, 5.74) is 5.97. The minimum atomic E-state index is -0.0520. The van der Waals surface area contributed by atoms with E-state index in [0.29, 0.717) is 12.1 Å². The summed E-state index contributed by atoms with van der Waals surface area (Å²) in [6.45, 7) is 8.39. The van der Waals surface area contributed by atoms with Gasteiger partial charge in [0.2, 0.25) is 5.91 Å². The van der Waals surface area contributed by atoms with Gasteiger partial charge < -0.3 is 5.32 Å². The zero-order valence-electron chi connectivity index (χ0n) is 20.2. The minimum Gasteiger partial charge on any atom is -0.352 e. The summed E-state index contributed by atoms with van der Waals surface area (Å²) in [4.78, 5) is 11.5. The highest BCUT2D eigenvalue weighted by molar-refractivity contribution is 5.92. The molecule has 1 aliphatic rings. The van der Waals surface area contributed by atoms with E-state index in [1.165, 1.54) is 73.6 Å². The molecule has 1 N–H and O–H groups in total. The van der Waals surface area contributed by atoms with E-state index in [4.69, 9.17) is 0 Å². The third kappa shape index (κ3) is 7.36. The second kappa shape index (κ2) is 12.6. The Hall–Kier alpha value is -2.35. The molecule has 1 amide bonds. The molecule has 0 radical (unpaired) electrons. The van der Waals surface area contributed by atoms with Gasteiger partial charge in [-0.3, -0.25) is 4.79 Å². The first-order valence-corrected chi connectivity index (χ1v) is 12.7. The van der Waals surface area contributed by atoms with E-state index in [1.54, 1.807) is 6.92 Å². The molecular formula is C30H41NO. The first-order chi connectivity index (χ1) is 15.6. The molecule has 1 aliphatic carbocycles. The molecule has 0 heterocycles. The highest BCUT2D eigenvalue weighted by Crippen LogP contribution is 2.38. The second-order valence-corrected chi connectivity index (χ2v) is 9.67. The number of hydrogen-bond donors (Lipinski definition) is 1. The molecule has 0 atom stereocenters. The van der Waals surface area contributed by atoms with Gasteiger partial charge in [-0.05, 0) is 79.5 Å². The number of unbranched alkanes of at least 4 members (excludes halogenated alkanes) is 2. The highest BCUT2D eigenvalue weighted by Gasteiger charge is 2.22. The SMILES string of the molecule is C=C(C)C(=O)NCCCc1ccc(-c2ccc(C3CCC(CCCCC)CC3)cc2)cc1. The third-order valence-corrected chi connectivity index (χ3v) is 7.05. The molecule has 2 aromatic rings. The summed E-state index contributed by atoms with van der Waals surface area (Å²) < 4.78 is 0. The topological polar surface area (TPSA) is 29.1 Å². The molecule has 3 rings (SSSR count). The van der Waals surface area contributed by atoms with Crippen molar-refractivity contribution in [1.29, 1.82) is 0 Å². The summed E-state index contributed by atoms with van der Waals surface area (Å²) in [6, 6.07) is 18.2. The van der Waals surface area contributed by atoms with Gasteiger partial charge in [0.1, 0.15) is 0 Å². The first kappa shape index (κ1) is 24.3. The number of hydrogen-bond acceptors (Lipinski definition) is 1. The van der Waals surface area contributed by atoms with Gasteiger partial charge >= 0.3 is 0 Å². The van der Waals surface area contributed by atoms with E-state index in [1.807, 2.05) is 0 Å². The Balaban J connectivity index is 1.45. The smallest absolute Gasteiger partial charge is 0.246 e. The summed E-state index contributed by atoms with van der Waals surface area (Å²) in [6.07, 6.45) is 13.0. The number of aryl methyl sites for hydroxylation is 1. The molecule has 0 aliphatic heterocycles. The molecule has 0 spiro atoms. The van der Waals surface area contributed by atoms with Crippen LogP contribution in [0.2, 0.25) is 0 Å². The lowest BCUT2D eigenvalue weighted by molar-refractivity contribution is -0.117. The molecule has 2 nitrogen and oxygen atoms in total. The summed E-state index contributed by atoms with van der Waals surface area (Å²) in [5, 5.41) is 2.90. The van der Waals surface area contributed by atoms with Gasteiger partial charge in [-0.15, -0.1) is 0 Å². The Kier molecular flexibility index (Phi) is 9.59. The maximum Gasteiger partial charge on any atom is 0.246 e. The molecule has 1 saturated carbocycles. The minimum absolute atomic E-state index is 0.0520. The fourth-order valence-corrected chi connectivity index (χ4v) is 4.92. The van der Waals surface area contributed by atoms with Crippen molar-refractivity contribution >= 4 is 5.91 Å². The lowest BCUT2D eigenvalue weighted by atomic mass is 9.77. The van der Waals surface area contributed by atoms with E-state index in [9.17, 15) is 4.79 Å². The fraction of sp³-hybridized carbons (Fsp3) is 0.500. The lowest BCUT2D eigenvalue weighted by Gasteiger charge is -2.29. The van der Waals surface area contributed by atoms with Crippen molar-refractivity contribution in [3.8, 4) is 11.1 Å². The van der Waals surface area contributed by atoms with Crippen LogP contribution >= 0.6 is 0 Å². The van der Waals surface area contributed by atoms with Crippen molar-refractivity contribution in [2.45, 2.75) is 84.0 Å². The molecule has 0 unspecified atom stereocenters. The van der Waals surface area contributed by atoms with Crippen LogP contribution in [0.5, 0.6) is 0 Å². The molecule has 0 saturated heterocycles. The van der Waals surface area contributed by atoms with E-state index in [2.05, 4.69) is 67.4 Å². The van der Waals surface area contributed by atoms with Crippen LogP contribution in [0.3, 0.4) is 0 Å². The van der Waals surface area contributed by atoms with Gasteiger partial charge in [0.25, 0.3) is 0 Å². The van der Waals surface area contributed by atoms with Gasteiger partial charge in [-0.25, -0.2) is 0 Å². The first-order valence-electron chi connectivity index (χ1n) is 12.7. The lowest BCUT2D eigenvalue weighted by Crippen LogP contribution is -2.24. The third-order valence-electron chi connectivity index (χ3n) is 7.05. The van der Waals surface area contributed by atoms with Crippen LogP contribution in [0.25, 0.3) is 11.1 Å². The Bertz CT molecular complexity index is 841. The molecule has 172 valence electrons. The Morgan fingerprint density at radius 2 is 1.53 bits per heavy atom. The van der Waals surface area contributed by atoms with Gasteiger partial charge in [0, 0.05) is 12.1 Å². The zero-order chi connectivity index (χ0) is 22.8. The van der Waals surface area contributed by atoms with Crippen LogP contribution in [-0.2, 0) is 11.2 Å². The number of nitrogens with one attached hydrogen (secondary N) is 1. The van der Waals surface area contributed by atoms with Crippen LogP contribution < -0.4 is 5.32 Å². The molecule has 0 aromatic heterocycles. The van der Waals surface area contributed by atoms with Crippen LogP contribution in [-0.4, -0.2) is 12.5 Å². The maximum atomic E-state index is 11.5. The zero-order valence-corrected chi connectivity index (χ0v) is 20.2. The number of carbonyl (C=O) groups excluding carboxylic acids is 1. The van der Waals surface area contributed by atoms with Crippen LogP contribution in [0.4, 0.5) is 0 Å². The predicted octanol–water partition coefficient (Wildman–Crippen LogP) is 7.83. The standard InChI is InChI=1S/C30H41NO/c1-4-5-6-8-24-10-14-26(15-11-24)28-18-20-29(21-19-28)27-16-12-25(13-17-27)9-7-22-31-30(32)23(2)3/h12-13,16-21,24,26H,2,4-11,14-15,22H2,1,3H3,(H,31,32). The van der Waals surface area contributed by atoms with Crippen molar-refractivity contribution < 1.29 is 4.79 Å². The number of benzene rings is 2. The Labute approximate surface area is 195 Å². The average molecular weight is 432 g/mol. The highest BCUT2D eigenvalue weighted by atomic mass is 16.1. The van der Waals surface area contributed by atoms with Gasteiger partial charge in [-0.2, -0.15) is 0 Å². The van der Waals surface area contributed by atoms with Crippen molar-refractivity contribution in [2.24, 2.45) is 5.92 Å². The Morgan fingerprint density at radius 1 is 0.906 bits per heavy atom. The molecule has 0 bridgehead atoms. The monoisotopic (exact) mass is 431 g/mol. The second-order valence-electron chi connectivity index (χ2n) is 9.67. The number of amides is 1. The summed E-state index contributed by atoms with van der Waals surface area (Å²) in [5.74, 6) is 1.67.